The van der Waals surface area contributed by atoms with Gasteiger partial charge in [0.15, 0.2) is 4.60 Å². The predicted molar refractivity (Wildman–Crippen MR) is 80.7 cm³/mol. The number of aromatic nitrogens is 3. The third-order valence-corrected chi connectivity index (χ3v) is 5.37. The molecule has 0 unspecified atom stereocenters. The summed E-state index contributed by atoms with van der Waals surface area (Å²) in [4.78, 5) is 0. The number of hydrogen-bond donors (Lipinski definition) is 1. The van der Waals surface area contributed by atoms with Crippen LogP contribution in [0.15, 0.2) is 27.8 Å². The van der Waals surface area contributed by atoms with Crippen molar-refractivity contribution >= 4 is 37.6 Å². The van der Waals surface area contributed by atoms with Gasteiger partial charge in [0.2, 0.25) is 5.03 Å². The molecule has 21 heavy (non-hydrogen) atoms. The van der Waals surface area contributed by atoms with Gasteiger partial charge in [0.05, 0.1) is 7.11 Å². The molecule has 0 radical (unpaired) electrons. The molecule has 0 bridgehead atoms. The number of rotatable bonds is 5. The van der Waals surface area contributed by atoms with Crippen molar-refractivity contribution in [1.29, 1.82) is 0 Å². The summed E-state index contributed by atoms with van der Waals surface area (Å²) >= 11 is 9.13. The minimum absolute atomic E-state index is 0.0111. The molecular weight excluding hydrogens is 384 g/mol. The van der Waals surface area contributed by atoms with Crippen LogP contribution in [0.5, 0.6) is 5.75 Å². The molecule has 0 saturated heterocycles. The van der Waals surface area contributed by atoms with Gasteiger partial charge in [-0.05, 0) is 28.1 Å². The zero-order valence-corrected chi connectivity index (χ0v) is 14.3. The van der Waals surface area contributed by atoms with Crippen molar-refractivity contribution in [3.8, 4) is 5.75 Å². The van der Waals surface area contributed by atoms with Gasteiger partial charge >= 0.3 is 0 Å². The average molecular weight is 396 g/mol. The van der Waals surface area contributed by atoms with Crippen LogP contribution in [-0.4, -0.2) is 30.5 Å². The molecular formula is C11H12BrClN4O3S. The average Bonchev–Trinajstić information content (AvgIpc) is 2.77. The third kappa shape index (κ3) is 3.37. The van der Waals surface area contributed by atoms with E-state index >= 15 is 0 Å². The van der Waals surface area contributed by atoms with Gasteiger partial charge in [-0.1, -0.05) is 22.9 Å². The SMILES string of the molecule is COc1cccc(Cl)c1CNS(=O)(=O)c1c(Br)nnn1C. The first-order valence-corrected chi connectivity index (χ1v) is 8.38. The second-order valence-electron chi connectivity index (χ2n) is 4.05. The Bertz CT molecular complexity index is 743. The minimum Gasteiger partial charge on any atom is -0.496 e. The lowest BCUT2D eigenvalue weighted by Crippen LogP contribution is -2.26. The van der Waals surface area contributed by atoms with Crippen LogP contribution >= 0.6 is 27.5 Å². The van der Waals surface area contributed by atoms with E-state index in [1.54, 1.807) is 18.2 Å². The number of hydrogen-bond acceptors (Lipinski definition) is 5. The van der Waals surface area contributed by atoms with Gasteiger partial charge in [-0.3, -0.25) is 0 Å². The van der Waals surface area contributed by atoms with Gasteiger partial charge in [0.1, 0.15) is 5.75 Å². The molecule has 1 N–H and O–H groups in total. The number of ether oxygens (including phenoxy) is 1. The molecule has 7 nitrogen and oxygen atoms in total. The Hall–Kier alpha value is -1.16. The van der Waals surface area contributed by atoms with Crippen molar-refractivity contribution in [2.75, 3.05) is 7.11 Å². The lowest BCUT2D eigenvalue weighted by molar-refractivity contribution is 0.409. The first-order valence-electron chi connectivity index (χ1n) is 5.73. The molecule has 2 rings (SSSR count). The summed E-state index contributed by atoms with van der Waals surface area (Å²) in [6.45, 7) is -0.0111. The van der Waals surface area contributed by atoms with E-state index < -0.39 is 10.0 Å². The van der Waals surface area contributed by atoms with Crippen LogP contribution in [0.1, 0.15) is 5.56 Å². The topological polar surface area (TPSA) is 86.1 Å². The Morgan fingerprint density at radius 2 is 2.19 bits per heavy atom. The predicted octanol–water partition coefficient (Wildman–Crippen LogP) is 1.72. The number of sulfonamides is 1. The van der Waals surface area contributed by atoms with Crippen LogP contribution in [0.2, 0.25) is 5.02 Å². The van der Waals surface area contributed by atoms with E-state index in [9.17, 15) is 8.42 Å². The summed E-state index contributed by atoms with van der Waals surface area (Å²) in [7, 11) is -0.811. The molecule has 0 spiro atoms. The largest absolute Gasteiger partial charge is 0.496 e. The second kappa shape index (κ2) is 6.30. The summed E-state index contributed by atoms with van der Waals surface area (Å²) in [6.07, 6.45) is 0. The van der Waals surface area contributed by atoms with E-state index in [0.29, 0.717) is 16.3 Å². The van der Waals surface area contributed by atoms with Gasteiger partial charge in [0, 0.05) is 24.2 Å². The summed E-state index contributed by atoms with van der Waals surface area (Å²) < 4.78 is 33.5. The van der Waals surface area contributed by atoms with Crippen molar-refractivity contribution < 1.29 is 13.2 Å². The van der Waals surface area contributed by atoms with E-state index in [1.165, 1.54) is 14.2 Å². The summed E-state index contributed by atoms with van der Waals surface area (Å²) in [5.74, 6) is 0.507. The fraction of sp³-hybridized carbons (Fsp3) is 0.273. The monoisotopic (exact) mass is 394 g/mol. The molecule has 114 valence electrons. The Morgan fingerprint density at radius 3 is 2.76 bits per heavy atom. The minimum atomic E-state index is -3.79. The number of nitrogens with zero attached hydrogens (tertiary/aromatic N) is 3. The van der Waals surface area contributed by atoms with Gasteiger partial charge in [-0.15, -0.1) is 5.10 Å². The number of methoxy groups -OCH3 is 1. The lowest BCUT2D eigenvalue weighted by atomic mass is 10.2. The van der Waals surface area contributed by atoms with E-state index in [-0.39, 0.29) is 16.2 Å². The van der Waals surface area contributed by atoms with Crippen molar-refractivity contribution in [2.24, 2.45) is 7.05 Å². The summed E-state index contributed by atoms with van der Waals surface area (Å²) in [5, 5.41) is 7.64. The first-order chi connectivity index (χ1) is 9.86. The molecule has 0 fully saturated rings. The number of nitrogens with one attached hydrogen (secondary N) is 1. The van der Waals surface area contributed by atoms with Crippen LogP contribution in [0.4, 0.5) is 0 Å². The Morgan fingerprint density at radius 1 is 1.48 bits per heavy atom. The van der Waals surface area contributed by atoms with Crippen LogP contribution in [0.25, 0.3) is 0 Å². The molecule has 0 amide bonds. The van der Waals surface area contributed by atoms with Crippen LogP contribution < -0.4 is 9.46 Å². The molecule has 1 aromatic carbocycles. The first kappa shape index (κ1) is 16.2. The van der Waals surface area contributed by atoms with E-state index in [4.69, 9.17) is 16.3 Å². The molecule has 0 atom stereocenters. The Balaban J connectivity index is 2.28. The molecule has 2 aromatic rings. The standard InChI is InChI=1S/C11H12BrClN4O3S/c1-17-11(10(12)15-16-17)21(18,19)14-6-7-8(13)4-3-5-9(7)20-2/h3-5,14H,6H2,1-2H3. The molecule has 0 aliphatic heterocycles. The van der Waals surface area contributed by atoms with Gasteiger partial charge < -0.3 is 4.74 Å². The molecule has 10 heteroatoms. The zero-order valence-electron chi connectivity index (χ0n) is 11.2. The normalized spacial score (nSPS) is 11.6. The maximum Gasteiger partial charge on any atom is 0.260 e. The van der Waals surface area contributed by atoms with Crippen LogP contribution in [0, 0.1) is 0 Å². The van der Waals surface area contributed by atoms with Crippen LogP contribution in [0.3, 0.4) is 0 Å². The third-order valence-electron chi connectivity index (χ3n) is 2.73. The summed E-state index contributed by atoms with van der Waals surface area (Å²) in [6, 6.07) is 5.09. The van der Waals surface area contributed by atoms with Gasteiger partial charge in [-0.25, -0.2) is 17.8 Å². The number of aryl methyl sites for hydroxylation is 1. The molecule has 1 heterocycles. The molecule has 0 aliphatic rings. The van der Waals surface area contributed by atoms with Crippen molar-refractivity contribution in [3.63, 3.8) is 0 Å². The summed E-state index contributed by atoms with van der Waals surface area (Å²) in [5.41, 5.74) is 0.552. The number of benzene rings is 1. The van der Waals surface area contributed by atoms with Crippen LogP contribution in [-0.2, 0) is 23.6 Å². The smallest absolute Gasteiger partial charge is 0.260 e. The highest BCUT2D eigenvalue weighted by Gasteiger charge is 2.24. The lowest BCUT2D eigenvalue weighted by Gasteiger charge is -2.11. The Labute approximate surface area is 135 Å². The van der Waals surface area contributed by atoms with Gasteiger partial charge in [-0.2, -0.15) is 0 Å². The zero-order chi connectivity index (χ0) is 15.6. The Kier molecular flexibility index (Phi) is 4.87. The van der Waals surface area contributed by atoms with Crippen molar-refractivity contribution in [3.05, 3.63) is 33.4 Å². The maximum absolute atomic E-state index is 12.3. The van der Waals surface area contributed by atoms with Gasteiger partial charge in [0.25, 0.3) is 10.0 Å². The van der Waals surface area contributed by atoms with E-state index in [0.717, 1.165) is 4.68 Å². The highest BCUT2D eigenvalue weighted by Crippen LogP contribution is 2.26. The van der Waals surface area contributed by atoms with E-state index in [1.807, 2.05) is 0 Å². The van der Waals surface area contributed by atoms with E-state index in [2.05, 4.69) is 31.0 Å². The fourth-order valence-corrected chi connectivity index (χ4v) is 4.06. The quantitative estimate of drug-likeness (QED) is 0.833. The molecule has 1 aromatic heterocycles. The highest BCUT2D eigenvalue weighted by molar-refractivity contribution is 9.10. The van der Waals surface area contributed by atoms with Crippen molar-refractivity contribution in [2.45, 2.75) is 11.6 Å². The van der Waals surface area contributed by atoms with Crippen molar-refractivity contribution in [1.82, 2.24) is 19.7 Å². The number of halogens is 2. The maximum atomic E-state index is 12.3. The molecule has 0 saturated carbocycles. The highest BCUT2D eigenvalue weighted by atomic mass is 79.9. The molecule has 0 aliphatic carbocycles. The fourth-order valence-electron chi connectivity index (χ4n) is 1.75. The second-order valence-corrected chi connectivity index (χ2v) is 6.89.